The van der Waals surface area contributed by atoms with Crippen molar-refractivity contribution >= 4 is 5.97 Å². The molecule has 0 bridgehead atoms. The van der Waals surface area contributed by atoms with E-state index < -0.39 is 11.9 Å². The summed E-state index contributed by atoms with van der Waals surface area (Å²) in [4.78, 5) is 11.5. The molecule has 0 saturated heterocycles. The second-order valence-electron chi connectivity index (χ2n) is 5.37. The summed E-state index contributed by atoms with van der Waals surface area (Å²) in [5.41, 5.74) is 1.32. The van der Waals surface area contributed by atoms with E-state index in [4.69, 9.17) is 4.74 Å². The zero-order chi connectivity index (χ0) is 13.8. The maximum Gasteiger partial charge on any atom is 0.327 e. The number of aromatic nitrogens is 2. The van der Waals surface area contributed by atoms with Crippen LogP contribution in [0.25, 0.3) is 0 Å². The molecule has 0 spiro atoms. The number of nitrogens with zero attached hydrogens (tertiary/aromatic N) is 2. The zero-order valence-corrected chi connectivity index (χ0v) is 10.9. The highest BCUT2D eigenvalue weighted by molar-refractivity contribution is 5.69. The quantitative estimate of drug-likeness (QED) is 0.788. The third-order valence-electron chi connectivity index (χ3n) is 3.85. The highest BCUT2D eigenvalue weighted by atomic mass is 19.3. The molecule has 2 unspecified atom stereocenters. The van der Waals surface area contributed by atoms with E-state index in [1.807, 2.05) is 0 Å². The Morgan fingerprint density at radius 1 is 1.58 bits per heavy atom. The van der Waals surface area contributed by atoms with Gasteiger partial charge in [-0.2, -0.15) is 13.9 Å². The van der Waals surface area contributed by atoms with E-state index in [0.717, 1.165) is 25.5 Å². The predicted molar refractivity (Wildman–Crippen MR) is 63.0 cm³/mol. The van der Waals surface area contributed by atoms with Crippen LogP contribution in [0.5, 0.6) is 0 Å². The van der Waals surface area contributed by atoms with E-state index in [1.165, 1.54) is 4.68 Å². The summed E-state index contributed by atoms with van der Waals surface area (Å²) in [6.45, 7) is 2.78. The lowest BCUT2D eigenvalue weighted by Gasteiger charge is -2.08. The summed E-state index contributed by atoms with van der Waals surface area (Å²) in [7, 11) is 0. The normalized spacial score (nSPS) is 24.0. The van der Waals surface area contributed by atoms with Crippen LogP contribution in [-0.4, -0.2) is 22.4 Å². The van der Waals surface area contributed by atoms with Crippen molar-refractivity contribution in [3.05, 3.63) is 17.0 Å². The number of carbonyl (C=O) groups is 1. The molecule has 104 valence electrons. The van der Waals surface area contributed by atoms with Crippen LogP contribution in [0.4, 0.5) is 8.78 Å². The van der Waals surface area contributed by atoms with E-state index >= 15 is 0 Å². The number of alkyl halides is 2. The number of hydrogen-bond donors (Lipinski definition) is 0. The number of rotatable bonds is 4. The van der Waals surface area contributed by atoms with Crippen LogP contribution in [0.15, 0.2) is 0 Å². The van der Waals surface area contributed by atoms with E-state index in [2.05, 4.69) is 5.10 Å². The molecule has 1 saturated carbocycles. The Hall–Kier alpha value is -1.46. The van der Waals surface area contributed by atoms with E-state index in [1.54, 1.807) is 6.92 Å². The standard InChI is InChI=1S/C13H16F2N2O2/c1-3-19-10(18)6-17-9-5-7-4-8(7)11(9)12(16-17)13(2,14)15/h7-8H,3-6H2,1-2H3. The molecule has 2 aliphatic rings. The van der Waals surface area contributed by atoms with Gasteiger partial charge in [-0.25, -0.2) is 0 Å². The number of fused-ring (bicyclic) bond motifs is 3. The monoisotopic (exact) mass is 270 g/mol. The minimum atomic E-state index is -2.96. The van der Waals surface area contributed by atoms with Crippen molar-refractivity contribution in [1.82, 2.24) is 9.78 Å². The van der Waals surface area contributed by atoms with Crippen molar-refractivity contribution in [1.29, 1.82) is 0 Å². The Morgan fingerprint density at radius 3 is 2.95 bits per heavy atom. The Labute approximate surface area is 109 Å². The molecule has 0 aromatic carbocycles. The van der Waals surface area contributed by atoms with Crippen molar-refractivity contribution in [3.63, 3.8) is 0 Å². The molecule has 1 heterocycles. The third kappa shape index (κ3) is 2.03. The maximum atomic E-state index is 13.6. The first-order valence-electron chi connectivity index (χ1n) is 6.55. The fourth-order valence-electron chi connectivity index (χ4n) is 2.97. The Bertz CT molecular complexity index is 533. The molecule has 0 aliphatic heterocycles. The average molecular weight is 270 g/mol. The fraction of sp³-hybridized carbons (Fsp3) is 0.692. The molecular formula is C13H16F2N2O2. The summed E-state index contributed by atoms with van der Waals surface area (Å²) in [5.74, 6) is -2.68. The third-order valence-corrected chi connectivity index (χ3v) is 3.85. The molecule has 4 nitrogen and oxygen atoms in total. The highest BCUT2D eigenvalue weighted by Crippen LogP contribution is 2.58. The summed E-state index contributed by atoms with van der Waals surface area (Å²) in [6, 6.07) is 0. The second kappa shape index (κ2) is 4.02. The van der Waals surface area contributed by atoms with Gasteiger partial charge >= 0.3 is 5.97 Å². The summed E-state index contributed by atoms with van der Waals surface area (Å²) < 4.78 is 33.5. The van der Waals surface area contributed by atoms with Crippen LogP contribution in [0.3, 0.4) is 0 Å². The Balaban J connectivity index is 1.94. The maximum absolute atomic E-state index is 13.6. The lowest BCUT2D eigenvalue weighted by molar-refractivity contribution is -0.144. The van der Waals surface area contributed by atoms with Crippen LogP contribution in [-0.2, 0) is 28.4 Å². The minimum absolute atomic E-state index is 0.0777. The van der Waals surface area contributed by atoms with E-state index in [9.17, 15) is 13.6 Å². The van der Waals surface area contributed by atoms with Gasteiger partial charge in [0.25, 0.3) is 5.92 Å². The molecule has 19 heavy (non-hydrogen) atoms. The van der Waals surface area contributed by atoms with Crippen molar-refractivity contribution in [3.8, 4) is 0 Å². The number of esters is 1. The van der Waals surface area contributed by atoms with E-state index in [-0.39, 0.29) is 24.8 Å². The first kappa shape index (κ1) is 12.6. The second-order valence-corrected chi connectivity index (χ2v) is 5.37. The van der Waals surface area contributed by atoms with Gasteiger partial charge in [0.1, 0.15) is 12.2 Å². The largest absolute Gasteiger partial charge is 0.465 e. The topological polar surface area (TPSA) is 44.1 Å². The zero-order valence-electron chi connectivity index (χ0n) is 10.9. The van der Waals surface area contributed by atoms with Gasteiger partial charge in [-0.15, -0.1) is 0 Å². The van der Waals surface area contributed by atoms with Crippen LogP contribution in [0, 0.1) is 5.92 Å². The predicted octanol–water partition coefficient (Wildman–Crippen LogP) is 2.22. The molecule has 1 fully saturated rings. The van der Waals surface area contributed by atoms with Crippen LogP contribution >= 0.6 is 0 Å². The number of carbonyl (C=O) groups excluding carboxylic acids is 1. The van der Waals surface area contributed by atoms with Gasteiger partial charge in [-0.05, 0) is 31.6 Å². The molecular weight excluding hydrogens is 254 g/mol. The number of ether oxygens (including phenoxy) is 1. The highest BCUT2D eigenvalue weighted by Gasteiger charge is 2.52. The van der Waals surface area contributed by atoms with Gasteiger partial charge < -0.3 is 4.74 Å². The molecule has 0 N–H and O–H groups in total. The van der Waals surface area contributed by atoms with Gasteiger partial charge in [0, 0.05) is 18.2 Å². The number of hydrogen-bond acceptors (Lipinski definition) is 3. The van der Waals surface area contributed by atoms with Crippen molar-refractivity contribution < 1.29 is 18.3 Å². The molecule has 0 radical (unpaired) electrons. The smallest absolute Gasteiger partial charge is 0.327 e. The molecule has 1 aromatic rings. The molecule has 2 atom stereocenters. The Kier molecular flexibility index (Phi) is 2.66. The first-order chi connectivity index (χ1) is 8.91. The van der Waals surface area contributed by atoms with Gasteiger partial charge in [-0.1, -0.05) is 0 Å². The van der Waals surface area contributed by atoms with Gasteiger partial charge in [0.05, 0.1) is 6.61 Å². The van der Waals surface area contributed by atoms with Gasteiger partial charge in [0.2, 0.25) is 0 Å². The van der Waals surface area contributed by atoms with Gasteiger partial charge in [-0.3, -0.25) is 9.48 Å². The Morgan fingerprint density at radius 2 is 2.32 bits per heavy atom. The van der Waals surface area contributed by atoms with Crippen molar-refractivity contribution in [2.75, 3.05) is 6.61 Å². The van der Waals surface area contributed by atoms with Crippen LogP contribution in [0.1, 0.15) is 43.1 Å². The summed E-state index contributed by atoms with van der Waals surface area (Å²) in [6.07, 6.45) is 1.73. The summed E-state index contributed by atoms with van der Waals surface area (Å²) in [5, 5.41) is 3.97. The van der Waals surface area contributed by atoms with Gasteiger partial charge in [0.15, 0.2) is 0 Å². The lowest BCUT2D eigenvalue weighted by Crippen LogP contribution is -2.17. The van der Waals surface area contributed by atoms with E-state index in [0.29, 0.717) is 11.5 Å². The number of halogens is 2. The molecule has 1 aromatic heterocycles. The fourth-order valence-corrected chi connectivity index (χ4v) is 2.97. The lowest BCUT2D eigenvalue weighted by atomic mass is 10.1. The first-order valence-corrected chi connectivity index (χ1v) is 6.55. The SMILES string of the molecule is CCOC(=O)Cn1nc(C(C)(F)F)c2c1CC1CC21. The molecule has 2 aliphatic carbocycles. The van der Waals surface area contributed by atoms with Crippen LogP contribution < -0.4 is 0 Å². The van der Waals surface area contributed by atoms with Crippen LogP contribution in [0.2, 0.25) is 0 Å². The molecule has 0 amide bonds. The average Bonchev–Trinajstić information content (AvgIpc) is 2.80. The van der Waals surface area contributed by atoms with Crippen molar-refractivity contribution in [2.45, 2.75) is 45.1 Å². The minimum Gasteiger partial charge on any atom is -0.465 e. The molecule has 3 rings (SSSR count). The van der Waals surface area contributed by atoms with Crippen molar-refractivity contribution in [2.24, 2.45) is 5.92 Å². The molecule has 6 heteroatoms. The summed E-state index contributed by atoms with van der Waals surface area (Å²) >= 11 is 0.